The van der Waals surface area contributed by atoms with E-state index in [0.717, 1.165) is 37.2 Å². The zero-order valence-electron chi connectivity index (χ0n) is 17.4. The van der Waals surface area contributed by atoms with Crippen molar-refractivity contribution < 1.29 is 1.37 Å². The van der Waals surface area contributed by atoms with E-state index >= 15 is 0 Å². The highest BCUT2D eigenvalue weighted by molar-refractivity contribution is 5.93. The summed E-state index contributed by atoms with van der Waals surface area (Å²) in [5.74, 6) is 0. The third kappa shape index (κ3) is 3.33. The van der Waals surface area contributed by atoms with Crippen LogP contribution in [0.3, 0.4) is 0 Å². The fourth-order valence-electron chi connectivity index (χ4n) is 4.94. The molecule has 0 atom stereocenters. The van der Waals surface area contributed by atoms with Crippen LogP contribution in [0.4, 0.5) is 0 Å². The van der Waals surface area contributed by atoms with Crippen LogP contribution in [0, 0.1) is 0 Å². The number of rotatable bonds is 3. The predicted molar refractivity (Wildman–Crippen MR) is 113 cm³/mol. The monoisotopic (exact) mass is 376 g/mol. The van der Waals surface area contributed by atoms with Crippen molar-refractivity contribution in [2.24, 2.45) is 0 Å². The summed E-state index contributed by atoms with van der Waals surface area (Å²) < 4.78 is 9.96. The van der Waals surface area contributed by atoms with Crippen molar-refractivity contribution in [3.05, 3.63) is 49.1 Å². The highest BCUT2D eigenvalue weighted by Crippen LogP contribution is 2.37. The molecule has 146 valence electrons. The molecule has 0 unspecified atom stereocenters. The minimum Gasteiger partial charge on any atom is -0.329 e. The third-order valence-electron chi connectivity index (χ3n) is 6.56. The highest BCUT2D eigenvalue weighted by atomic mass is 15.3. The average Bonchev–Trinajstić information content (AvgIpc) is 3.20. The van der Waals surface area contributed by atoms with Gasteiger partial charge in [0.1, 0.15) is 12.0 Å². The first kappa shape index (κ1) is 16.7. The van der Waals surface area contributed by atoms with Gasteiger partial charge in [0.25, 0.3) is 0 Å². The minimum absolute atomic E-state index is 0.437. The second-order valence-corrected chi connectivity index (χ2v) is 8.19. The topological polar surface area (TPSA) is 37.2 Å². The lowest BCUT2D eigenvalue weighted by molar-refractivity contribution is 0.0828. The Morgan fingerprint density at radius 2 is 1.71 bits per heavy atom. The zero-order chi connectivity index (χ0) is 19.6. The summed E-state index contributed by atoms with van der Waals surface area (Å²) in [6.45, 7) is 4.32. The molecule has 3 aromatic rings. The van der Waals surface area contributed by atoms with E-state index in [1.807, 2.05) is 6.20 Å². The molecule has 5 heteroatoms. The molecule has 28 heavy (non-hydrogen) atoms. The molecule has 2 aliphatic rings. The Morgan fingerprint density at radius 3 is 2.46 bits per heavy atom. The molecule has 0 spiro atoms. The summed E-state index contributed by atoms with van der Waals surface area (Å²) >= 11 is 0. The summed E-state index contributed by atoms with van der Waals surface area (Å²) in [6, 6.07) is 11.8. The maximum Gasteiger partial charge on any atom is 0.144 e. The van der Waals surface area contributed by atoms with Crippen LogP contribution in [-0.2, 0) is 0 Å². The molecular formula is C23H29N5. The zero-order valence-corrected chi connectivity index (χ0v) is 16.4. The lowest BCUT2D eigenvalue weighted by Gasteiger charge is -2.41. The van der Waals surface area contributed by atoms with E-state index in [4.69, 9.17) is 1.37 Å². The molecule has 0 radical (unpaired) electrons. The molecule has 0 bridgehead atoms. The number of piperazine rings is 1. The van der Waals surface area contributed by atoms with Gasteiger partial charge in [0, 0.05) is 63.0 Å². The Hall–Kier alpha value is -2.24. The highest BCUT2D eigenvalue weighted by Gasteiger charge is 2.29. The number of aromatic nitrogens is 3. The van der Waals surface area contributed by atoms with Gasteiger partial charge in [-0.25, -0.2) is 9.97 Å². The van der Waals surface area contributed by atoms with Crippen LogP contribution in [0.5, 0.6) is 0 Å². The molecule has 2 aromatic heterocycles. The predicted octanol–water partition coefficient (Wildman–Crippen LogP) is 3.83. The van der Waals surface area contributed by atoms with Crippen LogP contribution in [0.25, 0.3) is 22.2 Å². The number of hydrogen-bond acceptors (Lipinski definition) is 4. The lowest BCUT2D eigenvalue weighted by Crippen LogP contribution is -2.49. The summed E-state index contributed by atoms with van der Waals surface area (Å²) in [7, 11) is 0.437. The van der Waals surface area contributed by atoms with Gasteiger partial charge in [-0.05, 0) is 38.3 Å². The number of fused-ring (bicyclic) bond motifs is 1. The van der Waals surface area contributed by atoms with Crippen LogP contribution in [-0.4, -0.2) is 63.6 Å². The summed E-state index contributed by atoms with van der Waals surface area (Å²) in [5.41, 5.74) is 3.52. The van der Waals surface area contributed by atoms with E-state index in [2.05, 4.69) is 60.9 Å². The van der Waals surface area contributed by atoms with Crippen LogP contribution >= 0.6 is 0 Å². The molecule has 1 aliphatic heterocycles. The fourth-order valence-corrected chi connectivity index (χ4v) is 4.94. The SMILES string of the molecule is [2H]CN1CCN(C2CCC(n3cc(-c4ccccc4)c4cncnc43)CC2)CC1. The van der Waals surface area contributed by atoms with E-state index in [1.165, 1.54) is 36.8 Å². The van der Waals surface area contributed by atoms with E-state index < -0.39 is 0 Å². The first-order chi connectivity index (χ1) is 14.3. The number of nitrogens with zero attached hydrogens (tertiary/aromatic N) is 5. The summed E-state index contributed by atoms with van der Waals surface area (Å²) in [5, 5.41) is 1.15. The van der Waals surface area contributed by atoms with Crippen LogP contribution in [0.2, 0.25) is 0 Å². The van der Waals surface area contributed by atoms with Gasteiger partial charge in [-0.1, -0.05) is 30.3 Å². The van der Waals surface area contributed by atoms with E-state index in [0.29, 0.717) is 19.1 Å². The Bertz CT molecular complexity index is 940. The Kier molecular flexibility index (Phi) is 4.56. The van der Waals surface area contributed by atoms with Crippen LogP contribution in [0.15, 0.2) is 49.1 Å². The standard InChI is InChI=1S/C23H29N5/c1-26-11-13-27(14-12-26)19-7-9-20(10-8-19)28-16-22(18-5-3-2-4-6-18)21-15-24-17-25-23(21)28/h2-6,15-17,19-20H,7-14H2,1H3/i1D. The summed E-state index contributed by atoms with van der Waals surface area (Å²) in [6.07, 6.45) is 10.8. The van der Waals surface area contributed by atoms with Crippen molar-refractivity contribution in [3.63, 3.8) is 0 Å². The Balaban J connectivity index is 1.34. The van der Waals surface area contributed by atoms with Crippen molar-refractivity contribution in [1.82, 2.24) is 24.3 Å². The quantitative estimate of drug-likeness (QED) is 0.696. The van der Waals surface area contributed by atoms with Crippen molar-refractivity contribution in [2.45, 2.75) is 37.8 Å². The number of hydrogen-bond donors (Lipinski definition) is 0. The van der Waals surface area contributed by atoms with Crippen molar-refractivity contribution in [1.29, 1.82) is 0 Å². The third-order valence-corrected chi connectivity index (χ3v) is 6.56. The molecule has 0 amide bonds. The van der Waals surface area contributed by atoms with Crippen LogP contribution < -0.4 is 0 Å². The minimum atomic E-state index is 0.437. The second-order valence-electron chi connectivity index (χ2n) is 8.19. The molecule has 5 rings (SSSR count). The molecule has 2 fully saturated rings. The van der Waals surface area contributed by atoms with Gasteiger partial charge in [0.05, 0.1) is 0 Å². The lowest BCUT2D eigenvalue weighted by atomic mass is 9.89. The maximum atomic E-state index is 7.55. The molecule has 3 heterocycles. The van der Waals surface area contributed by atoms with Gasteiger partial charge in [0.2, 0.25) is 0 Å². The molecule has 0 N–H and O–H groups in total. The molecule has 1 saturated heterocycles. The van der Waals surface area contributed by atoms with Gasteiger partial charge in [-0.3, -0.25) is 4.90 Å². The fraction of sp³-hybridized carbons (Fsp3) is 0.478. The normalized spacial score (nSPS) is 25.1. The second kappa shape index (κ2) is 7.64. The van der Waals surface area contributed by atoms with E-state index in [9.17, 15) is 0 Å². The number of likely N-dealkylation sites (N-methyl/N-ethyl adjacent to an activating group) is 1. The van der Waals surface area contributed by atoms with Crippen LogP contribution in [0.1, 0.15) is 33.1 Å². The molecule has 1 saturated carbocycles. The smallest absolute Gasteiger partial charge is 0.144 e. The average molecular weight is 377 g/mol. The first-order valence-electron chi connectivity index (χ1n) is 11.2. The molecule has 5 nitrogen and oxygen atoms in total. The number of benzene rings is 1. The van der Waals surface area contributed by atoms with E-state index in [-0.39, 0.29) is 0 Å². The van der Waals surface area contributed by atoms with Crippen molar-refractivity contribution in [2.75, 3.05) is 33.2 Å². The van der Waals surface area contributed by atoms with Crippen molar-refractivity contribution in [3.8, 4) is 11.1 Å². The van der Waals surface area contributed by atoms with Gasteiger partial charge in [0.15, 0.2) is 0 Å². The van der Waals surface area contributed by atoms with Gasteiger partial charge in [-0.15, -0.1) is 0 Å². The van der Waals surface area contributed by atoms with E-state index in [1.54, 1.807) is 6.33 Å². The van der Waals surface area contributed by atoms with Gasteiger partial charge >= 0.3 is 0 Å². The van der Waals surface area contributed by atoms with Crippen molar-refractivity contribution >= 4 is 11.0 Å². The summed E-state index contributed by atoms with van der Waals surface area (Å²) in [4.78, 5) is 13.8. The molecule has 1 aliphatic carbocycles. The van der Waals surface area contributed by atoms with Gasteiger partial charge in [-0.2, -0.15) is 0 Å². The largest absolute Gasteiger partial charge is 0.329 e. The Labute approximate surface area is 168 Å². The molecular weight excluding hydrogens is 346 g/mol. The first-order valence-corrected chi connectivity index (χ1v) is 10.4. The molecule has 1 aromatic carbocycles. The van der Waals surface area contributed by atoms with Gasteiger partial charge < -0.3 is 9.47 Å². The maximum absolute atomic E-state index is 7.55. The Morgan fingerprint density at radius 1 is 0.964 bits per heavy atom.